The molecule has 0 aliphatic carbocycles. The van der Waals surface area contributed by atoms with Crippen LogP contribution < -0.4 is 5.32 Å². The number of carbonyl (C=O) groups is 2. The summed E-state index contributed by atoms with van der Waals surface area (Å²) in [4.78, 5) is 21.4. The third kappa shape index (κ3) is 3.77. The lowest BCUT2D eigenvalue weighted by Crippen LogP contribution is -2.38. The Morgan fingerprint density at radius 2 is 2.25 bits per heavy atom. The van der Waals surface area contributed by atoms with Gasteiger partial charge in [0.25, 0.3) is 0 Å². The molecular formula is C9H13NO2. The molecule has 0 aromatic heterocycles. The fourth-order valence-corrected chi connectivity index (χ4v) is 0.610. The molecule has 0 spiro atoms. The van der Waals surface area contributed by atoms with E-state index in [-0.39, 0.29) is 18.2 Å². The highest BCUT2D eigenvalue weighted by atomic mass is 16.2. The van der Waals surface area contributed by atoms with Gasteiger partial charge in [0, 0.05) is 12.3 Å². The van der Waals surface area contributed by atoms with E-state index >= 15 is 0 Å². The highest BCUT2D eigenvalue weighted by molar-refractivity contribution is 5.81. The lowest BCUT2D eigenvalue weighted by atomic mass is 10.1. The summed E-state index contributed by atoms with van der Waals surface area (Å²) < 4.78 is 0. The fourth-order valence-electron chi connectivity index (χ4n) is 0.610. The van der Waals surface area contributed by atoms with Gasteiger partial charge in [0.2, 0.25) is 5.91 Å². The zero-order valence-corrected chi connectivity index (χ0v) is 7.33. The van der Waals surface area contributed by atoms with Crippen molar-refractivity contribution in [1.29, 1.82) is 0 Å². The van der Waals surface area contributed by atoms with Crippen LogP contribution in [0.25, 0.3) is 0 Å². The zero-order chi connectivity index (χ0) is 9.56. The number of nitrogens with one attached hydrogen (secondary N) is 1. The van der Waals surface area contributed by atoms with Crippen molar-refractivity contribution in [3.8, 4) is 12.3 Å². The van der Waals surface area contributed by atoms with Crippen molar-refractivity contribution < 1.29 is 9.59 Å². The van der Waals surface area contributed by atoms with Crippen molar-refractivity contribution in [3.05, 3.63) is 0 Å². The summed E-state index contributed by atoms with van der Waals surface area (Å²) in [6, 6.07) is -0.537. The summed E-state index contributed by atoms with van der Waals surface area (Å²) in [5, 5.41) is 2.52. The molecule has 3 heteroatoms. The molecule has 1 atom stereocenters. The average molecular weight is 167 g/mol. The molecule has 0 aliphatic heterocycles. The normalized spacial score (nSPS) is 11.8. The van der Waals surface area contributed by atoms with E-state index in [9.17, 15) is 9.59 Å². The van der Waals surface area contributed by atoms with E-state index in [1.807, 2.05) is 0 Å². The maximum absolute atomic E-state index is 11.0. The smallest absolute Gasteiger partial charge is 0.223 e. The standard InChI is InChI=1S/C9H13NO2/c1-4-5-8(6-11)10-9(12)7(2)3/h1,6-8H,5H2,2-3H3,(H,10,12). The molecule has 0 aromatic rings. The van der Waals surface area contributed by atoms with Gasteiger partial charge in [-0.25, -0.2) is 0 Å². The van der Waals surface area contributed by atoms with Crippen LogP contribution in [0.5, 0.6) is 0 Å². The van der Waals surface area contributed by atoms with Gasteiger partial charge in [-0.15, -0.1) is 12.3 Å². The minimum Gasteiger partial charge on any atom is -0.345 e. The lowest BCUT2D eigenvalue weighted by molar-refractivity contribution is -0.126. The van der Waals surface area contributed by atoms with Crippen LogP contribution in [0, 0.1) is 18.3 Å². The molecule has 0 aliphatic rings. The highest BCUT2D eigenvalue weighted by Crippen LogP contribution is 1.93. The molecule has 0 rings (SSSR count). The zero-order valence-electron chi connectivity index (χ0n) is 7.33. The summed E-state index contributed by atoms with van der Waals surface area (Å²) in [6.45, 7) is 3.51. The van der Waals surface area contributed by atoms with Crippen LogP contribution in [0.2, 0.25) is 0 Å². The molecule has 0 bridgehead atoms. The van der Waals surface area contributed by atoms with Crippen molar-refractivity contribution in [1.82, 2.24) is 5.32 Å². The molecule has 66 valence electrons. The third-order valence-electron chi connectivity index (χ3n) is 1.35. The summed E-state index contributed by atoms with van der Waals surface area (Å²) in [5.74, 6) is 2.05. The number of carbonyl (C=O) groups excluding carboxylic acids is 2. The van der Waals surface area contributed by atoms with Gasteiger partial charge in [-0.1, -0.05) is 13.8 Å². The molecule has 0 saturated carbocycles. The van der Waals surface area contributed by atoms with Crippen LogP contribution >= 0.6 is 0 Å². The molecule has 0 saturated heterocycles. The van der Waals surface area contributed by atoms with Gasteiger partial charge in [0.05, 0.1) is 6.04 Å². The van der Waals surface area contributed by atoms with Gasteiger partial charge < -0.3 is 10.1 Å². The number of hydrogen-bond acceptors (Lipinski definition) is 2. The summed E-state index contributed by atoms with van der Waals surface area (Å²) >= 11 is 0. The predicted molar refractivity (Wildman–Crippen MR) is 46.3 cm³/mol. The van der Waals surface area contributed by atoms with Gasteiger partial charge in [0.1, 0.15) is 6.29 Å². The first kappa shape index (κ1) is 10.7. The summed E-state index contributed by atoms with van der Waals surface area (Å²) in [7, 11) is 0. The van der Waals surface area contributed by atoms with Crippen LogP contribution in [0.1, 0.15) is 20.3 Å². The maximum Gasteiger partial charge on any atom is 0.223 e. The van der Waals surface area contributed by atoms with E-state index in [0.717, 1.165) is 0 Å². The van der Waals surface area contributed by atoms with Gasteiger partial charge in [-0.2, -0.15) is 0 Å². The van der Waals surface area contributed by atoms with Gasteiger partial charge in [0.15, 0.2) is 0 Å². The van der Waals surface area contributed by atoms with Crippen molar-refractivity contribution in [2.45, 2.75) is 26.3 Å². The van der Waals surface area contributed by atoms with E-state index in [0.29, 0.717) is 6.29 Å². The first-order valence-corrected chi connectivity index (χ1v) is 3.81. The Kier molecular flexibility index (Phi) is 4.78. The topological polar surface area (TPSA) is 46.2 Å². The number of rotatable bonds is 4. The Hall–Kier alpha value is -1.30. The first-order chi connectivity index (χ1) is 5.61. The average Bonchev–Trinajstić information content (AvgIpc) is 2.03. The molecule has 0 fully saturated rings. The van der Waals surface area contributed by atoms with Crippen LogP contribution in [0.3, 0.4) is 0 Å². The number of amides is 1. The van der Waals surface area contributed by atoms with Gasteiger partial charge in [-0.05, 0) is 0 Å². The first-order valence-electron chi connectivity index (χ1n) is 3.81. The minimum absolute atomic E-state index is 0.120. The second-order valence-corrected chi connectivity index (χ2v) is 2.81. The van der Waals surface area contributed by atoms with Crippen molar-refractivity contribution in [3.63, 3.8) is 0 Å². The summed E-state index contributed by atoms with van der Waals surface area (Å²) in [6.07, 6.45) is 5.90. The molecule has 1 unspecified atom stereocenters. The van der Waals surface area contributed by atoms with E-state index in [2.05, 4.69) is 11.2 Å². The number of hydrogen-bond donors (Lipinski definition) is 1. The number of aldehydes is 1. The third-order valence-corrected chi connectivity index (χ3v) is 1.35. The van der Waals surface area contributed by atoms with Gasteiger partial charge >= 0.3 is 0 Å². The Morgan fingerprint density at radius 1 is 1.67 bits per heavy atom. The molecule has 0 radical (unpaired) electrons. The van der Waals surface area contributed by atoms with E-state index in [1.54, 1.807) is 13.8 Å². The molecule has 1 amide bonds. The SMILES string of the molecule is C#CCC(C=O)NC(=O)C(C)C. The molecule has 0 heterocycles. The maximum atomic E-state index is 11.0. The van der Waals surface area contributed by atoms with Crippen molar-refractivity contribution in [2.75, 3.05) is 0 Å². The molecule has 1 N–H and O–H groups in total. The van der Waals surface area contributed by atoms with Gasteiger partial charge in [-0.3, -0.25) is 4.79 Å². The van der Waals surface area contributed by atoms with E-state index < -0.39 is 6.04 Å². The largest absolute Gasteiger partial charge is 0.345 e. The van der Waals surface area contributed by atoms with Crippen LogP contribution in [0.4, 0.5) is 0 Å². The van der Waals surface area contributed by atoms with Crippen LogP contribution in [-0.4, -0.2) is 18.2 Å². The molecule has 0 aromatic carbocycles. The van der Waals surface area contributed by atoms with Crippen molar-refractivity contribution in [2.24, 2.45) is 5.92 Å². The lowest BCUT2D eigenvalue weighted by Gasteiger charge is -2.11. The Bertz CT molecular complexity index is 203. The molecule has 3 nitrogen and oxygen atoms in total. The quantitative estimate of drug-likeness (QED) is 0.485. The van der Waals surface area contributed by atoms with Crippen LogP contribution in [-0.2, 0) is 9.59 Å². The predicted octanol–water partition coefficient (Wildman–Crippen LogP) is 0.349. The van der Waals surface area contributed by atoms with Crippen molar-refractivity contribution >= 4 is 12.2 Å². The van der Waals surface area contributed by atoms with E-state index in [1.165, 1.54) is 0 Å². The Labute approximate surface area is 72.5 Å². The monoisotopic (exact) mass is 167 g/mol. The minimum atomic E-state index is -0.537. The molecule has 12 heavy (non-hydrogen) atoms. The highest BCUT2D eigenvalue weighted by Gasteiger charge is 2.12. The van der Waals surface area contributed by atoms with E-state index in [4.69, 9.17) is 6.42 Å². The fraction of sp³-hybridized carbons (Fsp3) is 0.556. The molecular weight excluding hydrogens is 154 g/mol. The summed E-state index contributed by atoms with van der Waals surface area (Å²) in [5.41, 5.74) is 0. The second kappa shape index (κ2) is 5.36. The Balaban J connectivity index is 3.95. The van der Waals surface area contributed by atoms with Crippen LogP contribution in [0.15, 0.2) is 0 Å². The Morgan fingerprint density at radius 3 is 2.58 bits per heavy atom. The number of terminal acetylenes is 1. The second-order valence-electron chi connectivity index (χ2n) is 2.81.